The van der Waals surface area contributed by atoms with Gasteiger partial charge in [0.25, 0.3) is 0 Å². The van der Waals surface area contributed by atoms with Crippen molar-refractivity contribution in [3.05, 3.63) is 59.7 Å². The molecular formula is C28H32N2O5. The van der Waals surface area contributed by atoms with E-state index < -0.39 is 23.0 Å². The van der Waals surface area contributed by atoms with E-state index in [1.165, 1.54) is 16.0 Å². The van der Waals surface area contributed by atoms with Crippen LogP contribution in [0, 0.1) is 11.3 Å². The Balaban J connectivity index is 1.21. The van der Waals surface area contributed by atoms with E-state index in [0.29, 0.717) is 19.4 Å². The normalized spacial score (nSPS) is 24.2. The highest BCUT2D eigenvalue weighted by atomic mass is 16.5. The third kappa shape index (κ3) is 3.77. The number of carboxylic acids is 1. The second-order valence-corrected chi connectivity index (χ2v) is 10.6. The molecule has 2 fully saturated rings. The van der Waals surface area contributed by atoms with Gasteiger partial charge < -0.3 is 20.1 Å². The maximum Gasteiger partial charge on any atom is 0.407 e. The third-order valence-electron chi connectivity index (χ3n) is 8.26. The highest BCUT2D eigenvalue weighted by molar-refractivity contribution is 5.92. The molecule has 0 saturated heterocycles. The van der Waals surface area contributed by atoms with Gasteiger partial charge in [-0.2, -0.15) is 0 Å². The molecule has 7 heteroatoms. The summed E-state index contributed by atoms with van der Waals surface area (Å²) in [5.41, 5.74) is 2.84. The fourth-order valence-corrected chi connectivity index (χ4v) is 6.25. The van der Waals surface area contributed by atoms with Gasteiger partial charge in [0.1, 0.15) is 12.1 Å². The summed E-state index contributed by atoms with van der Waals surface area (Å²) in [6, 6.07) is 16.3. The molecule has 2 N–H and O–H groups in total. The monoisotopic (exact) mass is 476 g/mol. The average Bonchev–Trinajstić information content (AvgIpc) is 3.26. The zero-order valence-corrected chi connectivity index (χ0v) is 20.4. The summed E-state index contributed by atoms with van der Waals surface area (Å²) in [6.45, 7) is 5.50. The molecule has 3 aliphatic rings. The first-order valence-electron chi connectivity index (χ1n) is 12.4. The number of amides is 2. The van der Waals surface area contributed by atoms with Gasteiger partial charge >= 0.3 is 12.1 Å². The molecule has 5 rings (SSSR count). The van der Waals surface area contributed by atoms with Crippen molar-refractivity contribution >= 4 is 18.0 Å². The minimum Gasteiger partial charge on any atom is -0.480 e. The predicted molar refractivity (Wildman–Crippen MR) is 131 cm³/mol. The summed E-state index contributed by atoms with van der Waals surface area (Å²) in [6.07, 6.45) is 1.51. The number of likely N-dealkylation sites (N-methyl/N-ethyl adjacent to an activating group) is 1. The number of fused-ring (bicyclic) bond motifs is 4. The summed E-state index contributed by atoms with van der Waals surface area (Å²) in [5.74, 6) is -0.969. The Bertz CT molecular complexity index is 1150. The Hall–Kier alpha value is -3.35. The molecule has 3 aliphatic carbocycles. The molecule has 35 heavy (non-hydrogen) atoms. The molecule has 7 nitrogen and oxygen atoms in total. The molecule has 0 aliphatic heterocycles. The van der Waals surface area contributed by atoms with Crippen LogP contribution in [0.2, 0.25) is 0 Å². The number of nitrogens with zero attached hydrogens (tertiary/aromatic N) is 1. The van der Waals surface area contributed by atoms with Gasteiger partial charge in [0.2, 0.25) is 5.91 Å². The number of benzene rings is 2. The van der Waals surface area contributed by atoms with Gasteiger partial charge in [-0.25, -0.2) is 9.59 Å². The molecule has 0 radical (unpaired) electrons. The zero-order valence-electron chi connectivity index (χ0n) is 20.4. The molecular weight excluding hydrogens is 444 g/mol. The van der Waals surface area contributed by atoms with Crippen molar-refractivity contribution in [2.24, 2.45) is 11.3 Å². The fourth-order valence-electron chi connectivity index (χ4n) is 6.25. The van der Waals surface area contributed by atoms with Crippen molar-refractivity contribution in [1.29, 1.82) is 0 Å². The SMILES string of the molecule is CCN(C(=O)C12CC(NC(=O)OCC3c4ccccc4-c4ccccc43)CC1C2)C(C)(C)C(=O)O. The number of carbonyl (C=O) groups is 3. The molecule has 0 spiro atoms. The Morgan fingerprint density at radius 3 is 2.23 bits per heavy atom. The Kier molecular flexibility index (Phi) is 5.61. The van der Waals surface area contributed by atoms with Gasteiger partial charge in [-0.05, 0) is 68.2 Å². The summed E-state index contributed by atoms with van der Waals surface area (Å²) < 4.78 is 5.68. The first-order chi connectivity index (χ1) is 16.7. The van der Waals surface area contributed by atoms with E-state index in [4.69, 9.17) is 4.74 Å². The van der Waals surface area contributed by atoms with Crippen molar-refractivity contribution in [1.82, 2.24) is 10.2 Å². The molecule has 2 aromatic rings. The first kappa shape index (κ1) is 23.4. The smallest absolute Gasteiger partial charge is 0.407 e. The second kappa shape index (κ2) is 8.40. The minimum atomic E-state index is -1.27. The van der Waals surface area contributed by atoms with Gasteiger partial charge in [0.15, 0.2) is 0 Å². The molecule has 3 atom stereocenters. The Morgan fingerprint density at radius 1 is 1.06 bits per heavy atom. The van der Waals surface area contributed by atoms with Crippen LogP contribution in [0.4, 0.5) is 4.79 Å². The van der Waals surface area contributed by atoms with Crippen LogP contribution in [-0.2, 0) is 14.3 Å². The maximum absolute atomic E-state index is 13.4. The predicted octanol–water partition coefficient (Wildman–Crippen LogP) is 4.41. The van der Waals surface area contributed by atoms with Crippen LogP contribution in [0.5, 0.6) is 0 Å². The topological polar surface area (TPSA) is 95.9 Å². The van der Waals surface area contributed by atoms with Crippen LogP contribution < -0.4 is 5.32 Å². The molecule has 0 heterocycles. The number of carbonyl (C=O) groups excluding carboxylic acids is 2. The van der Waals surface area contributed by atoms with E-state index >= 15 is 0 Å². The van der Waals surface area contributed by atoms with Crippen LogP contribution in [-0.4, -0.2) is 52.7 Å². The maximum atomic E-state index is 13.4. The van der Waals surface area contributed by atoms with Crippen molar-refractivity contribution in [3.8, 4) is 11.1 Å². The number of rotatable bonds is 7. The summed E-state index contributed by atoms with van der Waals surface area (Å²) >= 11 is 0. The van der Waals surface area contributed by atoms with E-state index in [0.717, 1.165) is 17.5 Å². The molecule has 0 bridgehead atoms. The number of nitrogens with one attached hydrogen (secondary N) is 1. The number of ether oxygens (including phenoxy) is 1. The Labute approximate surface area is 205 Å². The quantitative estimate of drug-likeness (QED) is 0.617. The van der Waals surface area contributed by atoms with Gasteiger partial charge in [0.05, 0.1) is 5.41 Å². The number of alkyl carbamates (subject to hydrolysis) is 1. The van der Waals surface area contributed by atoms with E-state index in [9.17, 15) is 19.5 Å². The van der Waals surface area contributed by atoms with Crippen LogP contribution in [0.25, 0.3) is 11.1 Å². The summed E-state index contributed by atoms with van der Waals surface area (Å²) in [4.78, 5) is 39.3. The van der Waals surface area contributed by atoms with Crippen molar-refractivity contribution in [2.45, 2.75) is 57.5 Å². The van der Waals surface area contributed by atoms with Crippen LogP contribution in [0.1, 0.15) is 57.1 Å². The number of hydrogen-bond donors (Lipinski definition) is 2. The van der Waals surface area contributed by atoms with Gasteiger partial charge in [-0.1, -0.05) is 48.5 Å². The van der Waals surface area contributed by atoms with Crippen LogP contribution in [0.15, 0.2) is 48.5 Å². The fraction of sp³-hybridized carbons (Fsp3) is 0.464. The molecule has 2 aromatic carbocycles. The van der Waals surface area contributed by atoms with E-state index in [1.807, 2.05) is 24.3 Å². The Morgan fingerprint density at radius 2 is 1.66 bits per heavy atom. The molecule has 0 aromatic heterocycles. The largest absolute Gasteiger partial charge is 0.480 e. The second-order valence-electron chi connectivity index (χ2n) is 10.6. The van der Waals surface area contributed by atoms with Crippen molar-refractivity contribution in [2.75, 3.05) is 13.2 Å². The van der Waals surface area contributed by atoms with Crippen LogP contribution >= 0.6 is 0 Å². The molecule has 2 amide bonds. The van der Waals surface area contributed by atoms with Gasteiger partial charge in [0, 0.05) is 18.5 Å². The molecule has 3 unspecified atom stereocenters. The number of aliphatic carboxylic acids is 1. The van der Waals surface area contributed by atoms with Gasteiger partial charge in [-0.15, -0.1) is 0 Å². The van der Waals surface area contributed by atoms with Crippen molar-refractivity contribution < 1.29 is 24.2 Å². The average molecular weight is 477 g/mol. The lowest BCUT2D eigenvalue weighted by Crippen LogP contribution is -2.55. The van der Waals surface area contributed by atoms with Crippen LogP contribution in [0.3, 0.4) is 0 Å². The van der Waals surface area contributed by atoms with Crippen molar-refractivity contribution in [3.63, 3.8) is 0 Å². The lowest BCUT2D eigenvalue weighted by Gasteiger charge is -2.37. The highest BCUT2D eigenvalue weighted by Crippen LogP contribution is 2.64. The highest BCUT2D eigenvalue weighted by Gasteiger charge is 2.67. The summed E-state index contributed by atoms with van der Waals surface area (Å²) in [5, 5.41) is 12.6. The molecule has 2 saturated carbocycles. The summed E-state index contributed by atoms with van der Waals surface area (Å²) in [7, 11) is 0. The lowest BCUT2D eigenvalue weighted by molar-refractivity contribution is -0.159. The first-order valence-corrected chi connectivity index (χ1v) is 12.4. The minimum absolute atomic E-state index is 0.00517. The standard InChI is InChI=1S/C28H32N2O5/c1-4-30(27(2,3)25(32)33)24(31)28-14-17(28)13-18(15-28)29-26(34)35-16-23-21-11-7-5-9-19(21)20-10-6-8-12-22(20)23/h5-12,17-18,23H,4,13-16H2,1-3H3,(H,29,34)(H,32,33). The lowest BCUT2D eigenvalue weighted by atomic mass is 9.95. The third-order valence-corrected chi connectivity index (χ3v) is 8.26. The zero-order chi connectivity index (χ0) is 25.0. The number of carboxylic acid groups (broad SMARTS) is 1. The van der Waals surface area contributed by atoms with E-state index in [1.54, 1.807) is 20.8 Å². The van der Waals surface area contributed by atoms with E-state index in [-0.39, 0.29) is 30.4 Å². The van der Waals surface area contributed by atoms with E-state index in [2.05, 4.69) is 29.6 Å². The van der Waals surface area contributed by atoms with Gasteiger partial charge in [-0.3, -0.25) is 4.79 Å². The number of hydrogen-bond acceptors (Lipinski definition) is 4. The molecule has 184 valence electrons.